The second kappa shape index (κ2) is 4.31. The molecule has 4 nitrogen and oxygen atoms in total. The molecule has 2 N–H and O–H groups in total. The van der Waals surface area contributed by atoms with Crippen molar-refractivity contribution >= 4 is 11.6 Å². The smallest absolute Gasteiger partial charge is 0.248 e. The molecule has 0 atom stereocenters. The predicted molar refractivity (Wildman–Crippen MR) is 58.0 cm³/mol. The number of hydrogen-bond donors (Lipinski definition) is 1. The van der Waals surface area contributed by atoms with Crippen LogP contribution in [0.2, 0.25) is 0 Å². The fraction of sp³-hybridized carbons (Fsp3) is 0.364. The number of rotatable bonds is 2. The van der Waals surface area contributed by atoms with Gasteiger partial charge in [-0.05, 0) is 18.2 Å². The average Bonchev–Trinajstić information content (AvgIpc) is 2.30. The monoisotopic (exact) mass is 206 g/mol. The summed E-state index contributed by atoms with van der Waals surface area (Å²) in [5.74, 6) is -0.384. The van der Waals surface area contributed by atoms with Gasteiger partial charge in [-0.15, -0.1) is 0 Å². The number of hydrogen-bond acceptors (Lipinski definition) is 3. The first-order chi connectivity index (χ1) is 7.27. The summed E-state index contributed by atoms with van der Waals surface area (Å²) in [4.78, 5) is 13.2. The Labute approximate surface area is 88.6 Å². The Morgan fingerprint density at radius 2 is 2.07 bits per heavy atom. The van der Waals surface area contributed by atoms with Gasteiger partial charge in [-0.25, -0.2) is 0 Å². The molecule has 1 fully saturated rings. The Morgan fingerprint density at radius 3 is 2.73 bits per heavy atom. The van der Waals surface area contributed by atoms with Gasteiger partial charge in [0.1, 0.15) is 0 Å². The molecule has 0 bridgehead atoms. The van der Waals surface area contributed by atoms with Crippen LogP contribution in [0.4, 0.5) is 5.69 Å². The summed E-state index contributed by atoms with van der Waals surface area (Å²) in [6, 6.07) is 7.39. The van der Waals surface area contributed by atoms with Crippen LogP contribution in [0.15, 0.2) is 24.3 Å². The van der Waals surface area contributed by atoms with Gasteiger partial charge >= 0.3 is 0 Å². The van der Waals surface area contributed by atoms with Crippen molar-refractivity contribution in [1.82, 2.24) is 0 Å². The molecule has 2 rings (SSSR count). The molecule has 1 aliphatic heterocycles. The van der Waals surface area contributed by atoms with Gasteiger partial charge in [0, 0.05) is 24.3 Å². The first-order valence-electron chi connectivity index (χ1n) is 5.00. The molecule has 80 valence electrons. The molecule has 1 saturated heterocycles. The van der Waals surface area contributed by atoms with Crippen molar-refractivity contribution in [3.8, 4) is 0 Å². The van der Waals surface area contributed by atoms with Crippen molar-refractivity contribution in [2.75, 3.05) is 31.2 Å². The Kier molecular flexibility index (Phi) is 2.87. The van der Waals surface area contributed by atoms with Crippen molar-refractivity contribution in [3.05, 3.63) is 29.8 Å². The summed E-state index contributed by atoms with van der Waals surface area (Å²) in [6.45, 7) is 3.20. The summed E-state index contributed by atoms with van der Waals surface area (Å²) in [6.07, 6.45) is 0. The van der Waals surface area contributed by atoms with Gasteiger partial charge in [0.25, 0.3) is 0 Å². The van der Waals surface area contributed by atoms with E-state index in [1.807, 2.05) is 18.2 Å². The molecular weight excluding hydrogens is 192 g/mol. The highest BCUT2D eigenvalue weighted by atomic mass is 16.5. The maximum Gasteiger partial charge on any atom is 0.248 e. The van der Waals surface area contributed by atoms with Crippen molar-refractivity contribution in [3.63, 3.8) is 0 Å². The van der Waals surface area contributed by atoms with Crippen LogP contribution in [0.3, 0.4) is 0 Å². The molecule has 0 aromatic heterocycles. The third-order valence-corrected chi connectivity index (χ3v) is 2.51. The van der Waals surface area contributed by atoms with E-state index in [0.29, 0.717) is 5.56 Å². The Balaban J connectivity index is 2.19. The lowest BCUT2D eigenvalue weighted by Crippen LogP contribution is -2.36. The predicted octanol–water partition coefficient (Wildman–Crippen LogP) is 0.622. The number of anilines is 1. The molecule has 0 radical (unpaired) electrons. The third-order valence-electron chi connectivity index (χ3n) is 2.51. The normalized spacial score (nSPS) is 16.4. The largest absolute Gasteiger partial charge is 0.378 e. The molecule has 15 heavy (non-hydrogen) atoms. The minimum absolute atomic E-state index is 0.384. The number of amides is 1. The quantitative estimate of drug-likeness (QED) is 0.771. The van der Waals surface area contributed by atoms with E-state index in [4.69, 9.17) is 10.5 Å². The SMILES string of the molecule is NC(=O)c1cccc(N2CCOCC2)c1. The fourth-order valence-corrected chi connectivity index (χ4v) is 1.68. The summed E-state index contributed by atoms with van der Waals surface area (Å²) in [5.41, 5.74) is 6.82. The van der Waals surface area contributed by atoms with Gasteiger partial charge in [-0.3, -0.25) is 4.79 Å². The minimum atomic E-state index is -0.384. The molecule has 0 unspecified atom stereocenters. The number of benzene rings is 1. The van der Waals surface area contributed by atoms with E-state index in [2.05, 4.69) is 4.90 Å². The molecule has 0 aliphatic carbocycles. The van der Waals surface area contributed by atoms with E-state index in [0.717, 1.165) is 32.0 Å². The lowest BCUT2D eigenvalue weighted by Gasteiger charge is -2.29. The topological polar surface area (TPSA) is 55.6 Å². The number of carbonyl (C=O) groups is 1. The van der Waals surface area contributed by atoms with E-state index >= 15 is 0 Å². The molecule has 0 saturated carbocycles. The lowest BCUT2D eigenvalue weighted by atomic mass is 10.1. The fourth-order valence-electron chi connectivity index (χ4n) is 1.68. The zero-order valence-electron chi connectivity index (χ0n) is 8.48. The van der Waals surface area contributed by atoms with Crippen molar-refractivity contribution < 1.29 is 9.53 Å². The minimum Gasteiger partial charge on any atom is -0.378 e. The van der Waals surface area contributed by atoms with Crippen LogP contribution in [-0.4, -0.2) is 32.2 Å². The van der Waals surface area contributed by atoms with Crippen molar-refractivity contribution in [2.24, 2.45) is 5.73 Å². The Morgan fingerprint density at radius 1 is 1.33 bits per heavy atom. The number of morpholine rings is 1. The van der Waals surface area contributed by atoms with Crippen molar-refractivity contribution in [2.45, 2.75) is 0 Å². The Bertz CT molecular complexity index is 359. The van der Waals surface area contributed by atoms with Crippen molar-refractivity contribution in [1.29, 1.82) is 0 Å². The van der Waals surface area contributed by atoms with Gasteiger partial charge < -0.3 is 15.4 Å². The number of nitrogens with two attached hydrogens (primary N) is 1. The van der Waals surface area contributed by atoms with Crippen LogP contribution in [0.25, 0.3) is 0 Å². The standard InChI is InChI=1S/C11H14N2O2/c12-11(14)9-2-1-3-10(8-9)13-4-6-15-7-5-13/h1-3,8H,4-7H2,(H2,12,14). The summed E-state index contributed by atoms with van der Waals surface area (Å²) < 4.78 is 5.27. The zero-order valence-corrected chi connectivity index (χ0v) is 8.48. The van der Waals surface area contributed by atoms with Crippen LogP contribution in [0, 0.1) is 0 Å². The van der Waals surface area contributed by atoms with E-state index in [-0.39, 0.29) is 5.91 Å². The van der Waals surface area contributed by atoms with E-state index < -0.39 is 0 Å². The van der Waals surface area contributed by atoms with Crippen LogP contribution in [0.5, 0.6) is 0 Å². The zero-order chi connectivity index (χ0) is 10.7. The van der Waals surface area contributed by atoms with Crippen LogP contribution < -0.4 is 10.6 Å². The molecule has 4 heteroatoms. The number of nitrogens with zero attached hydrogens (tertiary/aromatic N) is 1. The molecule has 1 amide bonds. The second-order valence-corrected chi connectivity index (χ2v) is 3.51. The van der Waals surface area contributed by atoms with Gasteiger partial charge in [-0.2, -0.15) is 0 Å². The van der Waals surface area contributed by atoms with E-state index in [1.165, 1.54) is 0 Å². The highest BCUT2D eigenvalue weighted by Crippen LogP contribution is 2.17. The van der Waals surface area contributed by atoms with E-state index in [1.54, 1.807) is 6.07 Å². The molecule has 0 spiro atoms. The highest BCUT2D eigenvalue weighted by molar-refractivity contribution is 5.93. The maximum atomic E-state index is 11.0. The summed E-state index contributed by atoms with van der Waals surface area (Å²) in [7, 11) is 0. The summed E-state index contributed by atoms with van der Waals surface area (Å²) in [5, 5.41) is 0. The first-order valence-corrected chi connectivity index (χ1v) is 5.00. The number of carbonyl (C=O) groups excluding carboxylic acids is 1. The number of ether oxygens (including phenoxy) is 1. The average molecular weight is 206 g/mol. The molecule has 1 aromatic carbocycles. The second-order valence-electron chi connectivity index (χ2n) is 3.51. The van der Waals surface area contributed by atoms with Crippen LogP contribution >= 0.6 is 0 Å². The van der Waals surface area contributed by atoms with Gasteiger partial charge in [0.2, 0.25) is 5.91 Å². The van der Waals surface area contributed by atoms with E-state index in [9.17, 15) is 4.79 Å². The highest BCUT2D eigenvalue weighted by Gasteiger charge is 2.11. The first kappa shape index (κ1) is 9.98. The molecule has 1 heterocycles. The Hall–Kier alpha value is -1.55. The maximum absolute atomic E-state index is 11.0. The van der Waals surface area contributed by atoms with Gasteiger partial charge in [0.15, 0.2) is 0 Å². The lowest BCUT2D eigenvalue weighted by molar-refractivity contribution is 0.100. The molecular formula is C11H14N2O2. The molecule has 1 aliphatic rings. The molecule has 1 aromatic rings. The van der Waals surface area contributed by atoms with Crippen LogP contribution in [-0.2, 0) is 4.74 Å². The summed E-state index contributed by atoms with van der Waals surface area (Å²) >= 11 is 0. The van der Waals surface area contributed by atoms with Gasteiger partial charge in [-0.1, -0.05) is 6.07 Å². The number of primary amides is 1. The van der Waals surface area contributed by atoms with Gasteiger partial charge in [0.05, 0.1) is 13.2 Å². The third kappa shape index (κ3) is 2.27. The van der Waals surface area contributed by atoms with Crippen LogP contribution in [0.1, 0.15) is 10.4 Å².